The molecule has 1 fully saturated rings. The number of benzene rings is 2. The highest BCUT2D eigenvalue weighted by Gasteiger charge is 2.42. The van der Waals surface area contributed by atoms with Crippen molar-refractivity contribution in [2.75, 3.05) is 13.1 Å². The van der Waals surface area contributed by atoms with Crippen LogP contribution < -0.4 is 0 Å². The number of hydrogen-bond donors (Lipinski definition) is 1. The number of aromatic hydroxyl groups is 1. The molecule has 6 nitrogen and oxygen atoms in total. The van der Waals surface area contributed by atoms with E-state index >= 15 is 0 Å². The standard InChI is InChI=1S/C22H27NO5S/c1-3-12-23-14-21(28-29(25,26)18-9-4-15(2)5-10-18)27-22-19-13-17(24)8-6-16(19)7-11-20(22)23/h4-6,8-10,13,20-22,24H,3,7,11-12,14H2,1-2H3/t20-,21?,22-/m1/s1. The zero-order chi connectivity index (χ0) is 20.6. The topological polar surface area (TPSA) is 76.1 Å². The summed E-state index contributed by atoms with van der Waals surface area (Å²) in [6, 6.07) is 12.1. The Bertz CT molecular complexity index is 973. The van der Waals surface area contributed by atoms with Gasteiger partial charge in [0.05, 0.1) is 11.4 Å². The molecule has 0 bridgehead atoms. The molecule has 7 heteroatoms. The maximum absolute atomic E-state index is 12.8. The van der Waals surface area contributed by atoms with Gasteiger partial charge in [0.25, 0.3) is 10.1 Å². The van der Waals surface area contributed by atoms with E-state index < -0.39 is 16.4 Å². The summed E-state index contributed by atoms with van der Waals surface area (Å²) in [7, 11) is -3.94. The van der Waals surface area contributed by atoms with Crippen LogP contribution in [0.4, 0.5) is 0 Å². The first-order chi connectivity index (χ1) is 13.9. The molecule has 1 aliphatic carbocycles. The second-order valence-electron chi connectivity index (χ2n) is 7.83. The number of aryl methyl sites for hydroxylation is 2. The fourth-order valence-electron chi connectivity index (χ4n) is 4.31. The number of phenols is 1. The van der Waals surface area contributed by atoms with Gasteiger partial charge in [0.2, 0.25) is 0 Å². The van der Waals surface area contributed by atoms with Gasteiger partial charge in [0.1, 0.15) is 11.9 Å². The molecule has 2 aliphatic rings. The van der Waals surface area contributed by atoms with Crippen LogP contribution in [0.15, 0.2) is 47.4 Å². The van der Waals surface area contributed by atoms with Crippen molar-refractivity contribution < 1.29 is 22.4 Å². The summed E-state index contributed by atoms with van der Waals surface area (Å²) in [5, 5.41) is 9.97. The molecule has 156 valence electrons. The number of morpholine rings is 1. The third-order valence-electron chi connectivity index (χ3n) is 5.70. The van der Waals surface area contributed by atoms with Crippen LogP contribution >= 0.6 is 0 Å². The average molecular weight is 418 g/mol. The summed E-state index contributed by atoms with van der Waals surface area (Å²) in [4.78, 5) is 2.38. The lowest BCUT2D eigenvalue weighted by atomic mass is 9.84. The van der Waals surface area contributed by atoms with Crippen LogP contribution in [-0.4, -0.2) is 43.8 Å². The first kappa shape index (κ1) is 20.3. The Morgan fingerprint density at radius 2 is 1.97 bits per heavy atom. The molecule has 1 unspecified atom stereocenters. The molecule has 1 aliphatic heterocycles. The predicted molar refractivity (Wildman–Crippen MR) is 109 cm³/mol. The minimum absolute atomic E-state index is 0.123. The van der Waals surface area contributed by atoms with Gasteiger partial charge in [-0.25, -0.2) is 4.18 Å². The molecule has 2 aromatic carbocycles. The largest absolute Gasteiger partial charge is 0.508 e. The normalized spacial score (nSPS) is 24.7. The van der Waals surface area contributed by atoms with E-state index in [-0.39, 0.29) is 22.8 Å². The summed E-state index contributed by atoms with van der Waals surface area (Å²) >= 11 is 0. The number of phenolic OH excluding ortho intramolecular Hbond substituents is 1. The molecule has 0 spiro atoms. The molecular weight excluding hydrogens is 390 g/mol. The number of hydrogen-bond acceptors (Lipinski definition) is 6. The first-order valence-corrected chi connectivity index (χ1v) is 11.5. The van der Waals surface area contributed by atoms with Gasteiger partial charge in [-0.1, -0.05) is 30.7 Å². The lowest BCUT2D eigenvalue weighted by molar-refractivity contribution is -0.197. The third-order valence-corrected chi connectivity index (χ3v) is 7.02. The molecule has 1 heterocycles. The quantitative estimate of drug-likeness (QED) is 0.750. The van der Waals surface area contributed by atoms with E-state index in [1.54, 1.807) is 36.4 Å². The highest BCUT2D eigenvalue weighted by atomic mass is 32.2. The van der Waals surface area contributed by atoms with E-state index in [4.69, 9.17) is 8.92 Å². The molecule has 29 heavy (non-hydrogen) atoms. The highest BCUT2D eigenvalue weighted by molar-refractivity contribution is 7.86. The second kappa shape index (κ2) is 8.07. The zero-order valence-electron chi connectivity index (χ0n) is 16.7. The first-order valence-electron chi connectivity index (χ1n) is 10.1. The van der Waals surface area contributed by atoms with Gasteiger partial charge in [-0.15, -0.1) is 0 Å². The maximum Gasteiger partial charge on any atom is 0.299 e. The minimum atomic E-state index is -3.94. The van der Waals surface area contributed by atoms with Gasteiger partial charge in [-0.05, 0) is 68.1 Å². The smallest absolute Gasteiger partial charge is 0.299 e. The molecule has 0 amide bonds. The molecule has 4 rings (SSSR count). The van der Waals surface area contributed by atoms with Crippen molar-refractivity contribution in [1.82, 2.24) is 4.90 Å². The Morgan fingerprint density at radius 1 is 1.21 bits per heavy atom. The predicted octanol–water partition coefficient (Wildman–Crippen LogP) is 3.53. The van der Waals surface area contributed by atoms with Crippen molar-refractivity contribution >= 4 is 10.1 Å². The van der Waals surface area contributed by atoms with Gasteiger partial charge in [0, 0.05) is 6.04 Å². The Kier molecular flexibility index (Phi) is 5.66. The number of ether oxygens (including phenoxy) is 1. The van der Waals surface area contributed by atoms with E-state index in [0.717, 1.165) is 42.5 Å². The average Bonchev–Trinajstić information content (AvgIpc) is 2.68. The minimum Gasteiger partial charge on any atom is -0.508 e. The Labute approximate surface area is 172 Å². The van der Waals surface area contributed by atoms with Gasteiger partial charge in [0.15, 0.2) is 6.29 Å². The molecule has 1 saturated heterocycles. The lowest BCUT2D eigenvalue weighted by Crippen LogP contribution is -2.53. The van der Waals surface area contributed by atoms with E-state index in [1.165, 1.54) is 0 Å². The fraction of sp³-hybridized carbons (Fsp3) is 0.455. The molecule has 0 radical (unpaired) electrons. The number of nitrogens with zero attached hydrogens (tertiary/aromatic N) is 1. The van der Waals surface area contributed by atoms with Crippen LogP contribution in [0, 0.1) is 6.92 Å². The zero-order valence-corrected chi connectivity index (χ0v) is 17.6. The lowest BCUT2D eigenvalue weighted by Gasteiger charge is -2.47. The van der Waals surface area contributed by atoms with E-state index in [1.807, 2.05) is 13.0 Å². The summed E-state index contributed by atoms with van der Waals surface area (Å²) in [6.07, 6.45) is 1.56. The molecule has 3 atom stereocenters. The fourth-order valence-corrected chi connectivity index (χ4v) is 5.28. The van der Waals surface area contributed by atoms with Crippen LogP contribution in [0.5, 0.6) is 5.75 Å². The van der Waals surface area contributed by atoms with Gasteiger partial charge in [-0.3, -0.25) is 4.90 Å². The summed E-state index contributed by atoms with van der Waals surface area (Å²) in [5.74, 6) is 0.186. The van der Waals surface area contributed by atoms with Crippen molar-refractivity contribution in [2.45, 2.75) is 56.4 Å². The van der Waals surface area contributed by atoms with Crippen LogP contribution in [0.2, 0.25) is 0 Å². The summed E-state index contributed by atoms with van der Waals surface area (Å²) < 4.78 is 37.2. The van der Waals surface area contributed by atoms with Crippen LogP contribution in [0.25, 0.3) is 0 Å². The van der Waals surface area contributed by atoms with E-state index in [2.05, 4.69) is 11.8 Å². The van der Waals surface area contributed by atoms with Gasteiger partial charge in [-0.2, -0.15) is 8.42 Å². The van der Waals surface area contributed by atoms with Crippen LogP contribution in [0.1, 0.15) is 42.6 Å². The molecular formula is C22H27NO5S. The summed E-state index contributed by atoms with van der Waals surface area (Å²) in [6.45, 7) is 5.24. The Morgan fingerprint density at radius 3 is 2.69 bits per heavy atom. The Hall–Kier alpha value is -1.93. The highest BCUT2D eigenvalue weighted by Crippen LogP contribution is 2.41. The molecule has 1 N–H and O–H groups in total. The second-order valence-corrected chi connectivity index (χ2v) is 9.41. The molecule has 2 aromatic rings. The number of rotatable bonds is 5. The van der Waals surface area contributed by atoms with Crippen molar-refractivity contribution in [2.24, 2.45) is 0 Å². The SMILES string of the molecule is CCCN1CC(OS(=O)(=O)c2ccc(C)cc2)O[C@@H]2c3cc(O)ccc3CC[C@H]21. The van der Waals surface area contributed by atoms with E-state index in [9.17, 15) is 13.5 Å². The van der Waals surface area contributed by atoms with Crippen LogP contribution in [0.3, 0.4) is 0 Å². The van der Waals surface area contributed by atoms with Crippen LogP contribution in [-0.2, 0) is 25.5 Å². The number of fused-ring (bicyclic) bond motifs is 3. The monoisotopic (exact) mass is 417 g/mol. The van der Waals surface area contributed by atoms with Crippen molar-refractivity contribution in [3.63, 3.8) is 0 Å². The van der Waals surface area contributed by atoms with Gasteiger partial charge >= 0.3 is 0 Å². The van der Waals surface area contributed by atoms with Gasteiger partial charge < -0.3 is 9.84 Å². The molecule has 0 saturated carbocycles. The third kappa shape index (κ3) is 4.19. The molecule has 0 aromatic heterocycles. The maximum atomic E-state index is 12.8. The van der Waals surface area contributed by atoms with Crippen molar-refractivity contribution in [3.05, 3.63) is 59.2 Å². The summed E-state index contributed by atoms with van der Waals surface area (Å²) in [5.41, 5.74) is 3.03. The Balaban J connectivity index is 1.61. The van der Waals surface area contributed by atoms with Crippen molar-refractivity contribution in [3.8, 4) is 5.75 Å². The van der Waals surface area contributed by atoms with E-state index in [0.29, 0.717) is 6.54 Å². The van der Waals surface area contributed by atoms with Crippen molar-refractivity contribution in [1.29, 1.82) is 0 Å².